The normalized spacial score (nSPS) is 8.62. The second kappa shape index (κ2) is 5.75. The molecule has 0 bridgehead atoms. The van der Waals surface area contributed by atoms with E-state index in [1.807, 2.05) is 19.9 Å². The van der Waals surface area contributed by atoms with E-state index < -0.39 is 5.97 Å². The Hall–Kier alpha value is -0.830. The first kappa shape index (κ1) is 12.2. The van der Waals surface area contributed by atoms with E-state index in [4.69, 9.17) is 5.11 Å². The maximum atomic E-state index is 10.6. The molecule has 2 nitrogen and oxygen atoms in total. The Morgan fingerprint density at radius 3 is 2.31 bits per heavy atom. The maximum absolute atomic E-state index is 10.6. The van der Waals surface area contributed by atoms with Crippen molar-refractivity contribution in [3.63, 3.8) is 0 Å². The van der Waals surface area contributed by atoms with E-state index in [0.717, 1.165) is 10.0 Å². The first-order valence-corrected chi connectivity index (χ1v) is 4.90. The molecule has 0 radical (unpaired) electrons. The minimum Gasteiger partial charge on any atom is -0.478 e. The number of benzene rings is 1. The van der Waals surface area contributed by atoms with Crippen molar-refractivity contribution in [3.8, 4) is 0 Å². The lowest BCUT2D eigenvalue weighted by atomic mass is 10.1. The molecule has 0 heterocycles. The summed E-state index contributed by atoms with van der Waals surface area (Å²) in [6.07, 6.45) is 0. The monoisotopic (exact) mass is 244 g/mol. The van der Waals surface area contributed by atoms with E-state index in [1.54, 1.807) is 19.1 Å². The Labute approximate surface area is 86.7 Å². The van der Waals surface area contributed by atoms with Gasteiger partial charge in [-0.1, -0.05) is 35.8 Å². The predicted octanol–water partition coefficient (Wildman–Crippen LogP) is 3.48. The van der Waals surface area contributed by atoms with Gasteiger partial charge in [0.15, 0.2) is 0 Å². The highest BCUT2D eigenvalue weighted by Crippen LogP contribution is 2.18. The van der Waals surface area contributed by atoms with Crippen LogP contribution in [-0.4, -0.2) is 11.1 Å². The zero-order valence-corrected chi connectivity index (χ0v) is 9.55. The lowest BCUT2D eigenvalue weighted by molar-refractivity contribution is 0.0696. The molecule has 0 saturated carbocycles. The van der Waals surface area contributed by atoms with Crippen molar-refractivity contribution in [1.82, 2.24) is 0 Å². The van der Waals surface area contributed by atoms with Crippen molar-refractivity contribution in [2.45, 2.75) is 20.8 Å². The number of halogens is 1. The zero-order valence-electron chi connectivity index (χ0n) is 7.97. The molecule has 3 heteroatoms. The Balaban J connectivity index is 0.000000671. The van der Waals surface area contributed by atoms with Crippen LogP contribution in [0.1, 0.15) is 29.8 Å². The van der Waals surface area contributed by atoms with Gasteiger partial charge in [-0.3, -0.25) is 0 Å². The molecule has 0 spiro atoms. The second-order valence-corrected chi connectivity index (χ2v) is 3.07. The van der Waals surface area contributed by atoms with Gasteiger partial charge in [-0.2, -0.15) is 0 Å². The zero-order chi connectivity index (χ0) is 10.4. The summed E-state index contributed by atoms with van der Waals surface area (Å²) in [6, 6.07) is 5.12. The minimum atomic E-state index is -0.885. The topological polar surface area (TPSA) is 37.3 Å². The van der Waals surface area contributed by atoms with Crippen LogP contribution in [0.4, 0.5) is 0 Å². The number of hydrogen-bond donors (Lipinski definition) is 1. The lowest BCUT2D eigenvalue weighted by Gasteiger charge is -2.00. The van der Waals surface area contributed by atoms with E-state index in [2.05, 4.69) is 15.9 Å². The van der Waals surface area contributed by atoms with Gasteiger partial charge in [0.2, 0.25) is 0 Å². The highest BCUT2D eigenvalue weighted by Gasteiger charge is 2.07. The smallest absolute Gasteiger partial charge is 0.335 e. The minimum absolute atomic E-state index is 0.347. The molecule has 0 fully saturated rings. The first-order valence-electron chi connectivity index (χ1n) is 4.11. The Morgan fingerprint density at radius 2 is 1.92 bits per heavy atom. The van der Waals surface area contributed by atoms with E-state index in [1.165, 1.54) is 0 Å². The Morgan fingerprint density at radius 1 is 1.38 bits per heavy atom. The molecule has 1 N–H and O–H groups in total. The van der Waals surface area contributed by atoms with Crippen molar-refractivity contribution < 1.29 is 9.90 Å². The van der Waals surface area contributed by atoms with E-state index >= 15 is 0 Å². The standard InChI is InChI=1S/C8H7BrO2.C2H6/c1-5-6(8(10)11)3-2-4-7(5)9;1-2/h2-4H,1H3,(H,10,11);1-2H3. The van der Waals surface area contributed by atoms with Crippen LogP contribution < -0.4 is 0 Å². The summed E-state index contributed by atoms with van der Waals surface area (Å²) in [5.41, 5.74) is 1.11. The van der Waals surface area contributed by atoms with Crippen molar-refractivity contribution in [3.05, 3.63) is 33.8 Å². The van der Waals surface area contributed by atoms with Gasteiger partial charge in [-0.15, -0.1) is 0 Å². The molecule has 0 atom stereocenters. The summed E-state index contributed by atoms with van der Waals surface area (Å²) in [6.45, 7) is 5.77. The fourth-order valence-electron chi connectivity index (χ4n) is 0.839. The molecular formula is C10H13BrO2. The molecule has 0 saturated heterocycles. The number of carboxylic acid groups (broad SMARTS) is 1. The Bertz CT molecular complexity index is 295. The lowest BCUT2D eigenvalue weighted by Crippen LogP contribution is -1.99. The predicted molar refractivity (Wildman–Crippen MR) is 57.2 cm³/mol. The summed E-state index contributed by atoms with van der Waals surface area (Å²) in [5.74, 6) is -0.885. The molecule has 1 aromatic rings. The molecule has 13 heavy (non-hydrogen) atoms. The number of rotatable bonds is 1. The van der Waals surface area contributed by atoms with Crippen LogP contribution in [-0.2, 0) is 0 Å². The molecule has 0 unspecified atom stereocenters. The van der Waals surface area contributed by atoms with Crippen molar-refractivity contribution in [2.75, 3.05) is 0 Å². The quantitative estimate of drug-likeness (QED) is 0.822. The van der Waals surface area contributed by atoms with Gasteiger partial charge in [0, 0.05) is 4.47 Å². The van der Waals surface area contributed by atoms with Crippen LogP contribution in [0.15, 0.2) is 22.7 Å². The van der Waals surface area contributed by atoms with E-state index in [0.29, 0.717) is 5.56 Å². The molecule has 0 aliphatic rings. The van der Waals surface area contributed by atoms with Gasteiger partial charge in [-0.25, -0.2) is 4.79 Å². The van der Waals surface area contributed by atoms with Crippen molar-refractivity contribution >= 4 is 21.9 Å². The summed E-state index contributed by atoms with van der Waals surface area (Å²) in [7, 11) is 0. The average Bonchev–Trinajstić information content (AvgIpc) is 2.13. The fraction of sp³-hybridized carbons (Fsp3) is 0.300. The third-order valence-corrected chi connectivity index (χ3v) is 2.36. The third kappa shape index (κ3) is 3.19. The van der Waals surface area contributed by atoms with Crippen molar-refractivity contribution in [2.24, 2.45) is 0 Å². The van der Waals surface area contributed by atoms with E-state index in [-0.39, 0.29) is 0 Å². The highest BCUT2D eigenvalue weighted by atomic mass is 79.9. The molecular weight excluding hydrogens is 232 g/mol. The first-order chi connectivity index (χ1) is 6.13. The summed E-state index contributed by atoms with van der Waals surface area (Å²) in [5, 5.41) is 8.67. The van der Waals surface area contributed by atoms with Gasteiger partial charge < -0.3 is 5.11 Å². The largest absolute Gasteiger partial charge is 0.478 e. The van der Waals surface area contributed by atoms with Gasteiger partial charge in [0.1, 0.15) is 0 Å². The average molecular weight is 245 g/mol. The Kier molecular flexibility index (Phi) is 5.39. The van der Waals surface area contributed by atoms with Crippen molar-refractivity contribution in [1.29, 1.82) is 0 Å². The van der Waals surface area contributed by atoms with Crippen LogP contribution in [0, 0.1) is 6.92 Å². The van der Waals surface area contributed by atoms with Gasteiger partial charge in [-0.05, 0) is 24.6 Å². The van der Waals surface area contributed by atoms with Gasteiger partial charge >= 0.3 is 5.97 Å². The third-order valence-electron chi connectivity index (χ3n) is 1.50. The molecule has 1 aromatic carbocycles. The number of carboxylic acids is 1. The number of carbonyl (C=O) groups is 1. The van der Waals surface area contributed by atoms with Crippen LogP contribution >= 0.6 is 15.9 Å². The molecule has 0 amide bonds. The van der Waals surface area contributed by atoms with E-state index in [9.17, 15) is 4.79 Å². The highest BCUT2D eigenvalue weighted by molar-refractivity contribution is 9.10. The molecule has 1 rings (SSSR count). The fourth-order valence-corrected chi connectivity index (χ4v) is 1.21. The summed E-state index contributed by atoms with van der Waals surface area (Å²) < 4.78 is 0.831. The maximum Gasteiger partial charge on any atom is 0.335 e. The van der Waals surface area contributed by atoms with Crippen LogP contribution in [0.25, 0.3) is 0 Å². The molecule has 0 aliphatic carbocycles. The molecule has 0 aliphatic heterocycles. The van der Waals surface area contributed by atoms with Crippen LogP contribution in [0.3, 0.4) is 0 Å². The van der Waals surface area contributed by atoms with Gasteiger partial charge in [0.25, 0.3) is 0 Å². The number of aromatic carboxylic acids is 1. The summed E-state index contributed by atoms with van der Waals surface area (Å²) in [4.78, 5) is 10.6. The van der Waals surface area contributed by atoms with Gasteiger partial charge in [0.05, 0.1) is 5.56 Å². The number of hydrogen-bond acceptors (Lipinski definition) is 1. The second-order valence-electron chi connectivity index (χ2n) is 2.22. The molecule has 0 aromatic heterocycles. The SMILES string of the molecule is CC.Cc1c(Br)cccc1C(=O)O. The molecule has 72 valence electrons. The van der Waals surface area contributed by atoms with Crippen LogP contribution in [0.2, 0.25) is 0 Å². The van der Waals surface area contributed by atoms with Crippen LogP contribution in [0.5, 0.6) is 0 Å². The summed E-state index contributed by atoms with van der Waals surface area (Å²) >= 11 is 3.25.